The van der Waals surface area contributed by atoms with Crippen molar-refractivity contribution in [3.05, 3.63) is 29.8 Å². The van der Waals surface area contributed by atoms with Crippen molar-refractivity contribution in [1.82, 2.24) is 5.32 Å². The lowest BCUT2D eigenvalue weighted by Gasteiger charge is -2.22. The van der Waals surface area contributed by atoms with Gasteiger partial charge in [0.2, 0.25) is 5.91 Å². The molecule has 0 bridgehead atoms. The summed E-state index contributed by atoms with van der Waals surface area (Å²) >= 11 is 5.38. The van der Waals surface area contributed by atoms with Gasteiger partial charge in [0.15, 0.2) is 0 Å². The summed E-state index contributed by atoms with van der Waals surface area (Å²) in [6, 6.07) is 7.96. The highest BCUT2D eigenvalue weighted by Crippen LogP contribution is 2.30. The lowest BCUT2D eigenvalue weighted by Crippen LogP contribution is -2.29. The minimum absolute atomic E-state index is 0.0153. The molecule has 0 saturated carbocycles. The first-order valence-electron chi connectivity index (χ1n) is 6.00. The number of ether oxygens (including phenoxy) is 1. The van der Waals surface area contributed by atoms with E-state index in [-0.39, 0.29) is 17.2 Å². The van der Waals surface area contributed by atoms with Crippen molar-refractivity contribution in [3.63, 3.8) is 0 Å². The molecule has 0 aliphatic heterocycles. The summed E-state index contributed by atoms with van der Waals surface area (Å²) < 4.78 is 5.70. The van der Waals surface area contributed by atoms with Crippen LogP contribution in [-0.4, -0.2) is 24.9 Å². The van der Waals surface area contributed by atoms with Crippen LogP contribution in [0.25, 0.3) is 0 Å². The smallest absolute Gasteiger partial charge is 0.235 e. The standard InChI is InChI=1S/C14H20ClNO2/c1-14(2,3)11-6-4-5-7-12(11)18-9-8-16-13(17)10-15/h4-7H,8-10H2,1-3H3,(H,16,17). The SMILES string of the molecule is CC(C)(C)c1ccccc1OCCNC(=O)CCl. The molecule has 0 heterocycles. The molecule has 0 radical (unpaired) electrons. The Morgan fingerprint density at radius 1 is 1.33 bits per heavy atom. The predicted molar refractivity (Wildman–Crippen MR) is 74.4 cm³/mol. The number of hydrogen-bond acceptors (Lipinski definition) is 2. The minimum atomic E-state index is -0.177. The van der Waals surface area contributed by atoms with Crippen LogP contribution in [0.5, 0.6) is 5.75 Å². The maximum atomic E-state index is 11.0. The van der Waals surface area contributed by atoms with Gasteiger partial charge in [-0.1, -0.05) is 39.0 Å². The molecule has 0 fully saturated rings. The normalized spacial score (nSPS) is 11.1. The summed E-state index contributed by atoms with van der Waals surface area (Å²) in [7, 11) is 0. The molecule has 0 aliphatic rings. The van der Waals surface area contributed by atoms with E-state index in [9.17, 15) is 4.79 Å². The van der Waals surface area contributed by atoms with Gasteiger partial charge >= 0.3 is 0 Å². The molecule has 1 amide bonds. The van der Waals surface area contributed by atoms with Crippen molar-refractivity contribution in [1.29, 1.82) is 0 Å². The van der Waals surface area contributed by atoms with Gasteiger partial charge in [-0.25, -0.2) is 0 Å². The van der Waals surface area contributed by atoms with Crippen molar-refractivity contribution in [2.24, 2.45) is 0 Å². The molecule has 4 heteroatoms. The Morgan fingerprint density at radius 3 is 2.61 bits per heavy atom. The number of rotatable bonds is 5. The fraction of sp³-hybridized carbons (Fsp3) is 0.500. The highest BCUT2D eigenvalue weighted by atomic mass is 35.5. The van der Waals surface area contributed by atoms with E-state index in [1.807, 2.05) is 18.2 Å². The zero-order valence-corrected chi connectivity index (χ0v) is 11.9. The number of alkyl halides is 1. The van der Waals surface area contributed by atoms with Gasteiger partial charge in [0.1, 0.15) is 18.2 Å². The molecule has 0 aromatic heterocycles. The summed E-state index contributed by atoms with van der Waals surface area (Å²) in [6.07, 6.45) is 0. The Morgan fingerprint density at radius 2 is 2.00 bits per heavy atom. The average Bonchev–Trinajstić information content (AvgIpc) is 2.33. The van der Waals surface area contributed by atoms with Crippen molar-refractivity contribution < 1.29 is 9.53 Å². The van der Waals surface area contributed by atoms with Crippen LogP contribution >= 0.6 is 11.6 Å². The number of carbonyl (C=O) groups is 1. The first-order chi connectivity index (χ1) is 8.45. The van der Waals surface area contributed by atoms with Crippen molar-refractivity contribution in [2.45, 2.75) is 26.2 Å². The largest absolute Gasteiger partial charge is 0.491 e. The monoisotopic (exact) mass is 269 g/mol. The topological polar surface area (TPSA) is 38.3 Å². The fourth-order valence-corrected chi connectivity index (χ4v) is 1.71. The van der Waals surface area contributed by atoms with Gasteiger partial charge < -0.3 is 10.1 Å². The molecule has 0 unspecified atom stereocenters. The van der Waals surface area contributed by atoms with Crippen molar-refractivity contribution >= 4 is 17.5 Å². The Labute approximate surface area is 113 Å². The number of halogens is 1. The fourth-order valence-electron chi connectivity index (χ4n) is 1.61. The van der Waals surface area contributed by atoms with Crippen molar-refractivity contribution in [3.8, 4) is 5.75 Å². The summed E-state index contributed by atoms with van der Waals surface area (Å²) in [5.41, 5.74) is 1.20. The van der Waals surface area contributed by atoms with Crippen LogP contribution in [-0.2, 0) is 10.2 Å². The molecular formula is C14H20ClNO2. The third-order valence-corrected chi connectivity index (χ3v) is 2.74. The van der Waals surface area contributed by atoms with Crippen LogP contribution in [0.4, 0.5) is 0 Å². The van der Waals surface area contributed by atoms with Crippen molar-refractivity contribution in [2.75, 3.05) is 19.0 Å². The zero-order chi connectivity index (χ0) is 13.6. The molecule has 1 aromatic rings. The highest BCUT2D eigenvalue weighted by molar-refractivity contribution is 6.27. The molecular weight excluding hydrogens is 250 g/mol. The molecule has 0 aliphatic carbocycles. The Bertz CT molecular complexity index is 399. The molecule has 0 spiro atoms. The van der Waals surface area contributed by atoms with Crippen LogP contribution in [0.1, 0.15) is 26.3 Å². The Kier molecular flexibility index (Phi) is 5.48. The summed E-state index contributed by atoms with van der Waals surface area (Å²) in [5, 5.41) is 2.66. The third kappa shape index (κ3) is 4.57. The maximum Gasteiger partial charge on any atom is 0.235 e. The van der Waals surface area contributed by atoms with E-state index < -0.39 is 0 Å². The lowest BCUT2D eigenvalue weighted by molar-refractivity contribution is -0.118. The van der Waals surface area contributed by atoms with Gasteiger partial charge in [-0.3, -0.25) is 4.79 Å². The van der Waals surface area contributed by atoms with Crippen LogP contribution in [0, 0.1) is 0 Å². The number of carbonyl (C=O) groups excluding carboxylic acids is 1. The second kappa shape index (κ2) is 6.64. The van der Waals surface area contributed by atoms with Gasteiger partial charge in [0, 0.05) is 0 Å². The van der Waals surface area contributed by atoms with Crippen LogP contribution < -0.4 is 10.1 Å². The molecule has 1 rings (SSSR count). The van der Waals surface area contributed by atoms with E-state index in [0.29, 0.717) is 13.2 Å². The lowest BCUT2D eigenvalue weighted by atomic mass is 9.86. The highest BCUT2D eigenvalue weighted by Gasteiger charge is 2.18. The van der Waals surface area contributed by atoms with Gasteiger partial charge in [-0.05, 0) is 17.0 Å². The first-order valence-corrected chi connectivity index (χ1v) is 6.53. The summed E-state index contributed by atoms with van der Waals surface area (Å²) in [5.74, 6) is 0.674. The summed E-state index contributed by atoms with van der Waals surface area (Å²) in [4.78, 5) is 11.0. The van der Waals surface area contributed by atoms with Crippen LogP contribution in [0.3, 0.4) is 0 Å². The maximum absolute atomic E-state index is 11.0. The molecule has 0 saturated heterocycles. The van der Waals surface area contributed by atoms with Crippen LogP contribution in [0.15, 0.2) is 24.3 Å². The van der Waals surface area contributed by atoms with Gasteiger partial charge in [-0.2, -0.15) is 0 Å². The number of nitrogens with one attached hydrogen (secondary N) is 1. The van der Waals surface area contributed by atoms with E-state index in [1.165, 1.54) is 0 Å². The molecule has 1 N–H and O–H groups in total. The summed E-state index contributed by atoms with van der Waals surface area (Å²) in [6.45, 7) is 7.33. The second-order valence-electron chi connectivity index (χ2n) is 5.08. The Balaban J connectivity index is 2.55. The van der Waals surface area contributed by atoms with Crippen LogP contribution in [0.2, 0.25) is 0 Å². The quantitative estimate of drug-likeness (QED) is 0.659. The van der Waals surface area contributed by atoms with Gasteiger partial charge in [-0.15, -0.1) is 11.6 Å². The number of amides is 1. The molecule has 18 heavy (non-hydrogen) atoms. The third-order valence-electron chi connectivity index (χ3n) is 2.50. The molecule has 0 atom stereocenters. The van der Waals surface area contributed by atoms with E-state index in [2.05, 4.69) is 32.2 Å². The van der Waals surface area contributed by atoms with E-state index in [0.717, 1.165) is 11.3 Å². The first kappa shape index (κ1) is 14.8. The number of hydrogen-bond donors (Lipinski definition) is 1. The number of para-hydroxylation sites is 1. The predicted octanol–water partition coefficient (Wildman–Crippen LogP) is 2.72. The zero-order valence-electron chi connectivity index (χ0n) is 11.1. The minimum Gasteiger partial charge on any atom is -0.491 e. The van der Waals surface area contributed by atoms with Gasteiger partial charge in [0.25, 0.3) is 0 Å². The van der Waals surface area contributed by atoms with E-state index in [1.54, 1.807) is 0 Å². The average molecular weight is 270 g/mol. The number of benzene rings is 1. The van der Waals surface area contributed by atoms with E-state index in [4.69, 9.17) is 16.3 Å². The molecule has 3 nitrogen and oxygen atoms in total. The van der Waals surface area contributed by atoms with Gasteiger partial charge in [0.05, 0.1) is 6.54 Å². The Hall–Kier alpha value is -1.22. The molecule has 1 aromatic carbocycles. The second-order valence-corrected chi connectivity index (χ2v) is 5.35. The molecule has 100 valence electrons. The van der Waals surface area contributed by atoms with E-state index >= 15 is 0 Å².